The summed E-state index contributed by atoms with van der Waals surface area (Å²) in [6.07, 6.45) is -4.90. The third-order valence-corrected chi connectivity index (χ3v) is 6.46. The van der Waals surface area contributed by atoms with Crippen molar-refractivity contribution in [1.29, 1.82) is 0 Å². The molecule has 0 aromatic rings. The summed E-state index contributed by atoms with van der Waals surface area (Å²) in [5, 5.41) is -5.49. The lowest BCUT2D eigenvalue weighted by Gasteiger charge is -2.61. The second-order valence-electron chi connectivity index (χ2n) is 7.27. The molecule has 2 bridgehead atoms. The first kappa shape index (κ1) is 18.4. The minimum Gasteiger partial charge on any atom is -0.456 e. The number of halogens is 4. The molecule has 3 rings (SSSR count). The molecule has 3 fully saturated rings. The quantitative estimate of drug-likeness (QED) is 0.474. The Labute approximate surface area is 131 Å². The Kier molecular flexibility index (Phi) is 3.86. The van der Waals surface area contributed by atoms with E-state index in [0.29, 0.717) is 0 Å². The second kappa shape index (κ2) is 4.81. The summed E-state index contributed by atoms with van der Waals surface area (Å²) in [5.74, 6) is -2.47. The fourth-order valence-corrected chi connectivity index (χ4v) is 4.23. The van der Waals surface area contributed by atoms with Gasteiger partial charge in [0.05, 0.1) is 0 Å². The molecule has 0 aliphatic heterocycles. The van der Waals surface area contributed by atoms with Gasteiger partial charge in [0.25, 0.3) is 0 Å². The van der Waals surface area contributed by atoms with Gasteiger partial charge in [0.2, 0.25) is 0 Å². The molecule has 3 aliphatic rings. The summed E-state index contributed by atoms with van der Waals surface area (Å²) in [6.45, 7) is 5.32. The molecule has 10 heteroatoms. The van der Waals surface area contributed by atoms with E-state index in [2.05, 4.69) is 4.74 Å². The summed E-state index contributed by atoms with van der Waals surface area (Å²) in [5.41, 5.74) is -1.45. The van der Waals surface area contributed by atoms with Gasteiger partial charge in [-0.15, -0.1) is 0 Å². The van der Waals surface area contributed by atoms with Crippen LogP contribution in [0.2, 0.25) is 0 Å². The summed E-state index contributed by atoms with van der Waals surface area (Å²) >= 11 is 0. The number of rotatable bonds is 3. The Hall–Kier alpha value is -0.900. The van der Waals surface area contributed by atoms with Gasteiger partial charge in [-0.1, -0.05) is 13.8 Å². The van der Waals surface area contributed by atoms with E-state index in [4.69, 9.17) is 4.55 Å². The van der Waals surface area contributed by atoms with Crippen molar-refractivity contribution in [3.05, 3.63) is 0 Å². The number of esters is 1. The fraction of sp³-hybridized carbons (Fsp3) is 0.923. The highest BCUT2D eigenvalue weighted by molar-refractivity contribution is 7.88. The zero-order valence-electron chi connectivity index (χ0n) is 12.8. The van der Waals surface area contributed by atoms with Crippen molar-refractivity contribution in [2.75, 3.05) is 0 Å². The van der Waals surface area contributed by atoms with Crippen LogP contribution in [0.1, 0.15) is 40.0 Å². The van der Waals surface area contributed by atoms with Crippen LogP contribution in [-0.2, 0) is 19.6 Å². The zero-order chi connectivity index (χ0) is 18.1. The van der Waals surface area contributed by atoms with Crippen molar-refractivity contribution in [3.8, 4) is 0 Å². The molecule has 23 heavy (non-hydrogen) atoms. The van der Waals surface area contributed by atoms with Crippen molar-refractivity contribution >= 4 is 16.1 Å². The van der Waals surface area contributed by atoms with Crippen LogP contribution in [0.25, 0.3) is 0 Å². The Morgan fingerprint density at radius 2 is 1.57 bits per heavy atom. The molecular formula is C13H18F4O5S. The van der Waals surface area contributed by atoms with E-state index in [-0.39, 0.29) is 30.1 Å². The van der Waals surface area contributed by atoms with Crippen LogP contribution in [0.15, 0.2) is 0 Å². The molecular weight excluding hydrogens is 344 g/mol. The number of fused-ring (bicyclic) bond motifs is 2. The van der Waals surface area contributed by atoms with E-state index in [1.807, 2.05) is 13.8 Å². The number of carbonyl (C=O) groups excluding carboxylic acids is 1. The maximum Gasteiger partial charge on any atom is 0.451 e. The Morgan fingerprint density at radius 1 is 1.13 bits per heavy atom. The van der Waals surface area contributed by atoms with E-state index >= 15 is 0 Å². The summed E-state index contributed by atoms with van der Waals surface area (Å²) in [7, 11) is -6.39. The van der Waals surface area contributed by atoms with E-state index in [9.17, 15) is 30.8 Å². The Morgan fingerprint density at radius 3 is 1.87 bits per heavy atom. The van der Waals surface area contributed by atoms with Crippen molar-refractivity contribution in [2.45, 2.75) is 56.8 Å². The van der Waals surface area contributed by atoms with Crippen LogP contribution in [0.5, 0.6) is 0 Å². The first-order chi connectivity index (χ1) is 10.0. The van der Waals surface area contributed by atoms with Gasteiger partial charge in [-0.25, -0.2) is 9.18 Å². The van der Waals surface area contributed by atoms with Crippen molar-refractivity contribution < 1.29 is 40.1 Å². The normalized spacial score (nSPS) is 35.8. The predicted molar refractivity (Wildman–Crippen MR) is 70.6 cm³/mol. The van der Waals surface area contributed by atoms with Gasteiger partial charge in [-0.05, 0) is 43.4 Å². The monoisotopic (exact) mass is 362 g/mol. The van der Waals surface area contributed by atoms with E-state index in [1.165, 1.54) is 6.92 Å². The molecule has 134 valence electrons. The highest BCUT2D eigenvalue weighted by Gasteiger charge is 2.73. The van der Waals surface area contributed by atoms with Gasteiger partial charge < -0.3 is 4.74 Å². The van der Waals surface area contributed by atoms with E-state index in [0.717, 1.165) is 6.42 Å². The lowest BCUT2D eigenvalue weighted by atomic mass is 9.46. The summed E-state index contributed by atoms with van der Waals surface area (Å²) in [4.78, 5) is 11.7. The third-order valence-electron chi connectivity index (χ3n) is 5.35. The van der Waals surface area contributed by atoms with Crippen molar-refractivity contribution in [3.63, 3.8) is 0 Å². The SMILES string of the molecule is CC1(OC(=O)C(F)(C(F)(F)F)S(=O)(=O)O)CC2CC(C1)C2(C)C. The number of ether oxygens (including phenoxy) is 1. The lowest BCUT2D eigenvalue weighted by molar-refractivity contribution is -0.234. The molecule has 0 heterocycles. The Balaban J connectivity index is 2.25. The molecule has 5 nitrogen and oxygen atoms in total. The molecule has 0 saturated heterocycles. The zero-order valence-corrected chi connectivity index (χ0v) is 13.6. The highest BCUT2D eigenvalue weighted by atomic mass is 32.2. The standard InChI is InChI=1S/C13H18F4O5S/c1-10(2)7-4-8(10)6-11(3,5-7)22-9(18)12(14,13(15,16)17)23(19,20)21/h7-8H,4-6H2,1-3H3,(H,19,20,21). The number of hydrogen-bond acceptors (Lipinski definition) is 4. The minimum atomic E-state index is -6.39. The molecule has 3 atom stereocenters. The molecule has 0 aromatic carbocycles. The largest absolute Gasteiger partial charge is 0.456 e. The topological polar surface area (TPSA) is 80.7 Å². The molecule has 0 radical (unpaired) electrons. The maximum atomic E-state index is 13.9. The van der Waals surface area contributed by atoms with E-state index < -0.39 is 32.9 Å². The van der Waals surface area contributed by atoms with Crippen LogP contribution in [0.3, 0.4) is 0 Å². The first-order valence-corrected chi connectivity index (χ1v) is 8.45. The lowest BCUT2D eigenvalue weighted by Crippen LogP contribution is -2.61. The molecule has 3 unspecified atom stereocenters. The molecule has 0 spiro atoms. The summed E-state index contributed by atoms with van der Waals surface area (Å²) in [6, 6.07) is 0. The van der Waals surface area contributed by atoms with Crippen LogP contribution < -0.4 is 0 Å². The van der Waals surface area contributed by atoms with Gasteiger partial charge in [0.1, 0.15) is 5.60 Å². The molecule has 1 N–H and O–H groups in total. The minimum absolute atomic E-state index is 0.0498. The van der Waals surface area contributed by atoms with Gasteiger partial charge in [0.15, 0.2) is 0 Å². The first-order valence-electron chi connectivity index (χ1n) is 7.01. The van der Waals surface area contributed by atoms with Crippen LogP contribution in [0.4, 0.5) is 17.6 Å². The predicted octanol–water partition coefficient (Wildman–Crippen LogP) is 2.86. The molecule has 0 amide bonds. The smallest absolute Gasteiger partial charge is 0.451 e. The number of hydrogen-bond donors (Lipinski definition) is 1. The molecule has 0 aromatic heterocycles. The fourth-order valence-electron chi connectivity index (χ4n) is 3.68. The average Bonchev–Trinajstić information content (AvgIpc) is 2.34. The second-order valence-corrected chi connectivity index (χ2v) is 8.78. The number of alkyl halides is 4. The average molecular weight is 362 g/mol. The van der Waals surface area contributed by atoms with Gasteiger partial charge in [-0.3, -0.25) is 4.55 Å². The van der Waals surface area contributed by atoms with Gasteiger partial charge >= 0.3 is 27.3 Å². The maximum absolute atomic E-state index is 13.9. The van der Waals surface area contributed by atoms with Crippen LogP contribution in [0, 0.1) is 17.3 Å². The van der Waals surface area contributed by atoms with Crippen LogP contribution in [-0.4, -0.2) is 35.7 Å². The van der Waals surface area contributed by atoms with Gasteiger partial charge in [0, 0.05) is 0 Å². The highest BCUT2D eigenvalue weighted by Crippen LogP contribution is 2.62. The van der Waals surface area contributed by atoms with E-state index in [1.54, 1.807) is 0 Å². The molecule has 3 aliphatic carbocycles. The van der Waals surface area contributed by atoms with Crippen molar-refractivity contribution in [1.82, 2.24) is 0 Å². The third kappa shape index (κ3) is 2.63. The number of carbonyl (C=O) groups is 1. The van der Waals surface area contributed by atoms with Crippen molar-refractivity contribution in [2.24, 2.45) is 17.3 Å². The summed E-state index contributed by atoms with van der Waals surface area (Å²) < 4.78 is 87.0. The Bertz CT molecular complexity index is 613. The van der Waals surface area contributed by atoms with Gasteiger partial charge in [-0.2, -0.15) is 21.6 Å². The molecule has 3 saturated carbocycles. The van der Waals surface area contributed by atoms with Crippen LogP contribution >= 0.6 is 0 Å².